The molecular formula is C6H9BrN2O2. The fraction of sp³-hybridized carbons (Fsp3) is 0.667. The van der Waals surface area contributed by atoms with Gasteiger partial charge in [0.15, 0.2) is 0 Å². The van der Waals surface area contributed by atoms with Gasteiger partial charge in [0.05, 0.1) is 0 Å². The summed E-state index contributed by atoms with van der Waals surface area (Å²) in [4.78, 5) is 3.97. The monoisotopic (exact) mass is 220 g/mol. The average Bonchev–Trinajstić information content (AvgIpc) is 2.37. The molecule has 0 aliphatic heterocycles. The first kappa shape index (κ1) is 8.67. The standard InChI is InChI=1S/C6H9BrN2O2/c1-10-4-2-3-5-8-6(7)9-11-5/h2-4H2,1H3. The van der Waals surface area contributed by atoms with Gasteiger partial charge in [0.2, 0.25) is 10.6 Å². The van der Waals surface area contributed by atoms with Crippen molar-refractivity contribution in [3.05, 3.63) is 10.6 Å². The Hall–Kier alpha value is -0.420. The van der Waals surface area contributed by atoms with Crippen molar-refractivity contribution < 1.29 is 9.26 Å². The van der Waals surface area contributed by atoms with E-state index < -0.39 is 0 Å². The second-order valence-corrected chi connectivity index (χ2v) is 2.76. The number of nitrogens with zero attached hydrogens (tertiary/aromatic N) is 2. The van der Waals surface area contributed by atoms with Crippen LogP contribution in [0.1, 0.15) is 12.3 Å². The van der Waals surface area contributed by atoms with Crippen molar-refractivity contribution in [2.24, 2.45) is 0 Å². The van der Waals surface area contributed by atoms with E-state index in [1.807, 2.05) is 0 Å². The highest BCUT2D eigenvalue weighted by Crippen LogP contribution is 2.05. The number of ether oxygens (including phenoxy) is 1. The fourth-order valence-electron chi connectivity index (χ4n) is 0.703. The van der Waals surface area contributed by atoms with Crippen LogP contribution in [0.4, 0.5) is 0 Å². The predicted molar refractivity (Wildman–Crippen MR) is 42.2 cm³/mol. The van der Waals surface area contributed by atoms with E-state index in [4.69, 9.17) is 9.26 Å². The highest BCUT2D eigenvalue weighted by molar-refractivity contribution is 9.10. The third-order valence-corrected chi connectivity index (χ3v) is 1.50. The Balaban J connectivity index is 2.27. The van der Waals surface area contributed by atoms with Crippen LogP contribution in [-0.4, -0.2) is 23.9 Å². The predicted octanol–water partition coefficient (Wildman–Crippen LogP) is 1.41. The highest BCUT2D eigenvalue weighted by Gasteiger charge is 2.01. The highest BCUT2D eigenvalue weighted by atomic mass is 79.9. The number of aryl methyl sites for hydroxylation is 1. The van der Waals surface area contributed by atoms with Crippen molar-refractivity contribution in [1.29, 1.82) is 0 Å². The van der Waals surface area contributed by atoms with Gasteiger partial charge in [-0.05, 0) is 27.5 Å². The van der Waals surface area contributed by atoms with Gasteiger partial charge in [-0.2, -0.15) is 4.98 Å². The van der Waals surface area contributed by atoms with Crippen LogP contribution in [0.25, 0.3) is 0 Å². The first-order chi connectivity index (χ1) is 5.33. The molecule has 1 heterocycles. The molecule has 0 spiro atoms. The Morgan fingerprint density at radius 3 is 3.00 bits per heavy atom. The van der Waals surface area contributed by atoms with Gasteiger partial charge in [0.1, 0.15) is 0 Å². The lowest BCUT2D eigenvalue weighted by molar-refractivity contribution is 0.192. The second-order valence-electron chi connectivity index (χ2n) is 2.05. The molecule has 0 unspecified atom stereocenters. The minimum absolute atomic E-state index is 0.505. The summed E-state index contributed by atoms with van der Waals surface area (Å²) in [5.41, 5.74) is 0. The number of hydrogen-bond acceptors (Lipinski definition) is 4. The van der Waals surface area contributed by atoms with Gasteiger partial charge >= 0.3 is 0 Å². The van der Waals surface area contributed by atoms with Gasteiger partial charge in [-0.3, -0.25) is 0 Å². The van der Waals surface area contributed by atoms with E-state index >= 15 is 0 Å². The smallest absolute Gasteiger partial charge is 0.238 e. The first-order valence-corrected chi connectivity index (χ1v) is 4.09. The van der Waals surface area contributed by atoms with Crippen LogP contribution in [0.3, 0.4) is 0 Å². The summed E-state index contributed by atoms with van der Waals surface area (Å²) in [6, 6.07) is 0. The fourth-order valence-corrected chi connectivity index (χ4v) is 0.974. The van der Waals surface area contributed by atoms with Crippen LogP contribution in [-0.2, 0) is 11.2 Å². The summed E-state index contributed by atoms with van der Waals surface area (Å²) in [6.07, 6.45) is 1.68. The van der Waals surface area contributed by atoms with E-state index in [1.165, 1.54) is 0 Å². The van der Waals surface area contributed by atoms with Crippen molar-refractivity contribution >= 4 is 15.9 Å². The summed E-state index contributed by atoms with van der Waals surface area (Å²) < 4.78 is 10.2. The molecule has 0 saturated carbocycles. The van der Waals surface area contributed by atoms with E-state index in [2.05, 4.69) is 26.1 Å². The molecule has 0 aliphatic rings. The maximum absolute atomic E-state index is 4.87. The van der Waals surface area contributed by atoms with Gasteiger partial charge in [0.25, 0.3) is 0 Å². The van der Waals surface area contributed by atoms with E-state index in [1.54, 1.807) is 7.11 Å². The largest absolute Gasteiger partial charge is 0.385 e. The van der Waals surface area contributed by atoms with Crippen LogP contribution < -0.4 is 0 Å². The molecule has 11 heavy (non-hydrogen) atoms. The zero-order valence-corrected chi connectivity index (χ0v) is 7.80. The molecule has 0 bridgehead atoms. The normalized spacial score (nSPS) is 10.4. The number of halogens is 1. The molecule has 0 aromatic carbocycles. The van der Waals surface area contributed by atoms with E-state index in [9.17, 15) is 0 Å². The molecule has 5 heteroatoms. The molecule has 0 fully saturated rings. The Kier molecular flexibility index (Phi) is 3.51. The molecule has 0 saturated heterocycles. The van der Waals surface area contributed by atoms with E-state index in [-0.39, 0.29) is 0 Å². The Labute approximate surface area is 73.1 Å². The third-order valence-electron chi connectivity index (χ3n) is 1.18. The molecule has 4 nitrogen and oxygen atoms in total. The van der Waals surface area contributed by atoms with Crippen LogP contribution >= 0.6 is 15.9 Å². The average molecular weight is 221 g/mol. The SMILES string of the molecule is COCCCc1nc(Br)no1. The summed E-state index contributed by atoms with van der Waals surface area (Å²) in [7, 11) is 1.67. The second kappa shape index (κ2) is 4.46. The van der Waals surface area contributed by atoms with Crippen molar-refractivity contribution in [2.45, 2.75) is 12.8 Å². The molecule has 62 valence electrons. The summed E-state index contributed by atoms with van der Waals surface area (Å²) >= 11 is 3.09. The lowest BCUT2D eigenvalue weighted by Gasteiger charge is -1.92. The van der Waals surface area contributed by atoms with Gasteiger partial charge in [0, 0.05) is 20.1 Å². The van der Waals surface area contributed by atoms with Crippen LogP contribution in [0.5, 0.6) is 0 Å². The zero-order chi connectivity index (χ0) is 8.10. The molecular weight excluding hydrogens is 212 g/mol. The summed E-state index contributed by atoms with van der Waals surface area (Å²) in [6.45, 7) is 0.722. The topological polar surface area (TPSA) is 48.2 Å². The Bertz CT molecular complexity index is 214. The first-order valence-electron chi connectivity index (χ1n) is 3.30. The van der Waals surface area contributed by atoms with Crippen molar-refractivity contribution in [1.82, 2.24) is 10.1 Å². The summed E-state index contributed by atoms with van der Waals surface area (Å²) in [5, 5.41) is 3.59. The van der Waals surface area contributed by atoms with Gasteiger partial charge in [-0.15, -0.1) is 0 Å². The molecule has 1 aromatic heterocycles. The minimum Gasteiger partial charge on any atom is -0.385 e. The van der Waals surface area contributed by atoms with Gasteiger partial charge in [-0.25, -0.2) is 0 Å². The molecule has 0 amide bonds. The number of hydrogen-bond donors (Lipinski definition) is 0. The Morgan fingerprint density at radius 2 is 2.45 bits per heavy atom. The van der Waals surface area contributed by atoms with Crippen LogP contribution in [0.2, 0.25) is 0 Å². The molecule has 0 aliphatic carbocycles. The third kappa shape index (κ3) is 2.98. The maximum Gasteiger partial charge on any atom is 0.238 e. The van der Waals surface area contributed by atoms with Crippen molar-refractivity contribution in [3.8, 4) is 0 Å². The molecule has 1 aromatic rings. The van der Waals surface area contributed by atoms with Crippen LogP contribution in [0.15, 0.2) is 9.26 Å². The zero-order valence-electron chi connectivity index (χ0n) is 6.21. The van der Waals surface area contributed by atoms with Crippen LogP contribution in [0, 0.1) is 0 Å². The lowest BCUT2D eigenvalue weighted by atomic mass is 10.3. The van der Waals surface area contributed by atoms with E-state index in [0.29, 0.717) is 10.6 Å². The van der Waals surface area contributed by atoms with Crippen molar-refractivity contribution in [3.63, 3.8) is 0 Å². The quantitative estimate of drug-likeness (QED) is 0.721. The number of methoxy groups -OCH3 is 1. The maximum atomic E-state index is 4.87. The lowest BCUT2D eigenvalue weighted by Crippen LogP contribution is -1.92. The van der Waals surface area contributed by atoms with Crippen molar-refractivity contribution in [2.75, 3.05) is 13.7 Å². The minimum atomic E-state index is 0.505. The summed E-state index contributed by atoms with van der Waals surface area (Å²) in [5.74, 6) is 0.647. The van der Waals surface area contributed by atoms with Gasteiger partial charge < -0.3 is 9.26 Å². The molecule has 0 radical (unpaired) electrons. The van der Waals surface area contributed by atoms with E-state index in [0.717, 1.165) is 19.4 Å². The Morgan fingerprint density at radius 1 is 1.64 bits per heavy atom. The molecule has 1 rings (SSSR count). The number of aromatic nitrogens is 2. The number of rotatable bonds is 4. The molecule has 0 atom stereocenters. The van der Waals surface area contributed by atoms with Gasteiger partial charge in [-0.1, -0.05) is 0 Å². The molecule has 0 N–H and O–H groups in total.